The standard InChI is InChI=1S/C19H17N5O4S2/c20-16(25)12-3-5-13(6-4-12)24-22-15(19(27)23-7-9-28-10-8-23)18(30-24)21-17(26)14-2-1-11-29-14/h1-6,11H,7-10H2,(H2,20,25). The number of primary amides is 1. The highest BCUT2D eigenvalue weighted by molar-refractivity contribution is 7.12. The van der Waals surface area contributed by atoms with Crippen molar-refractivity contribution in [2.75, 3.05) is 26.3 Å². The molecule has 9 nitrogen and oxygen atoms in total. The number of rotatable bonds is 4. The van der Waals surface area contributed by atoms with E-state index in [0.29, 0.717) is 42.4 Å². The molecule has 3 amide bonds. The van der Waals surface area contributed by atoms with E-state index < -0.39 is 11.8 Å². The van der Waals surface area contributed by atoms with Gasteiger partial charge in [-0.15, -0.1) is 16.4 Å². The van der Waals surface area contributed by atoms with Gasteiger partial charge in [0.1, 0.15) is 0 Å². The van der Waals surface area contributed by atoms with Crippen molar-refractivity contribution >= 4 is 40.6 Å². The lowest BCUT2D eigenvalue weighted by molar-refractivity contribution is 0.0297. The van der Waals surface area contributed by atoms with Gasteiger partial charge in [0.2, 0.25) is 5.91 Å². The molecule has 1 aromatic carbocycles. The van der Waals surface area contributed by atoms with Crippen molar-refractivity contribution in [3.05, 3.63) is 62.6 Å². The number of carbonyl (C=O) groups excluding carboxylic acids is 3. The summed E-state index contributed by atoms with van der Waals surface area (Å²) in [5.74, 6) is -1.27. The summed E-state index contributed by atoms with van der Waals surface area (Å²) >= 11 is 2.35. The fourth-order valence-corrected chi connectivity index (χ4v) is 4.27. The lowest BCUT2D eigenvalue weighted by Crippen LogP contribution is -2.42. The van der Waals surface area contributed by atoms with Gasteiger partial charge in [0, 0.05) is 18.7 Å². The van der Waals surface area contributed by atoms with Crippen molar-refractivity contribution < 1.29 is 19.1 Å². The number of ether oxygens (including phenoxy) is 1. The van der Waals surface area contributed by atoms with E-state index in [2.05, 4.69) is 10.1 Å². The second-order valence-corrected chi connectivity index (χ2v) is 8.19. The van der Waals surface area contributed by atoms with Gasteiger partial charge in [-0.1, -0.05) is 6.07 Å². The molecule has 30 heavy (non-hydrogen) atoms. The number of thiophene rings is 1. The van der Waals surface area contributed by atoms with Gasteiger partial charge in [-0.3, -0.25) is 14.4 Å². The van der Waals surface area contributed by atoms with Crippen LogP contribution in [0.3, 0.4) is 0 Å². The molecule has 3 heterocycles. The zero-order chi connectivity index (χ0) is 21.1. The van der Waals surface area contributed by atoms with Gasteiger partial charge in [0.25, 0.3) is 11.8 Å². The highest BCUT2D eigenvalue weighted by atomic mass is 32.1. The third-order valence-corrected chi connectivity index (χ3v) is 6.16. The van der Waals surface area contributed by atoms with E-state index in [1.165, 1.54) is 15.4 Å². The summed E-state index contributed by atoms with van der Waals surface area (Å²) in [7, 11) is 0. The predicted molar refractivity (Wildman–Crippen MR) is 111 cm³/mol. The van der Waals surface area contributed by atoms with Crippen LogP contribution in [0.4, 0.5) is 0 Å². The van der Waals surface area contributed by atoms with Gasteiger partial charge >= 0.3 is 0 Å². The molecule has 1 saturated heterocycles. The number of hydrogen-bond acceptors (Lipinski definition) is 7. The number of nitrogens with zero attached hydrogens (tertiary/aromatic N) is 4. The van der Waals surface area contributed by atoms with E-state index in [0.717, 1.165) is 11.5 Å². The summed E-state index contributed by atoms with van der Waals surface area (Å²) in [6.45, 7) is 1.79. The third kappa shape index (κ3) is 4.22. The smallest absolute Gasteiger partial charge is 0.288 e. The molecule has 154 valence electrons. The average Bonchev–Trinajstić information content (AvgIpc) is 3.44. The zero-order valence-corrected chi connectivity index (χ0v) is 17.3. The van der Waals surface area contributed by atoms with Crippen LogP contribution in [0.15, 0.2) is 46.8 Å². The van der Waals surface area contributed by atoms with Crippen molar-refractivity contribution in [1.29, 1.82) is 0 Å². The van der Waals surface area contributed by atoms with E-state index in [4.69, 9.17) is 10.5 Å². The van der Waals surface area contributed by atoms with Crippen LogP contribution < -0.4 is 10.4 Å². The highest BCUT2D eigenvalue weighted by Crippen LogP contribution is 2.14. The van der Waals surface area contributed by atoms with Gasteiger partial charge in [-0.2, -0.15) is 9.06 Å². The van der Waals surface area contributed by atoms with Gasteiger partial charge in [-0.05, 0) is 47.2 Å². The maximum Gasteiger partial charge on any atom is 0.288 e. The van der Waals surface area contributed by atoms with Crippen LogP contribution in [0, 0.1) is 0 Å². The summed E-state index contributed by atoms with van der Waals surface area (Å²) in [6.07, 6.45) is 0. The Kier molecular flexibility index (Phi) is 5.84. The molecule has 2 aromatic heterocycles. The van der Waals surface area contributed by atoms with Crippen molar-refractivity contribution in [3.8, 4) is 5.69 Å². The first-order valence-electron chi connectivity index (χ1n) is 9.03. The first-order chi connectivity index (χ1) is 14.5. The highest BCUT2D eigenvalue weighted by Gasteiger charge is 2.24. The Bertz CT molecular complexity index is 1140. The largest absolute Gasteiger partial charge is 0.378 e. The molecule has 2 N–H and O–H groups in total. The van der Waals surface area contributed by atoms with E-state index in [9.17, 15) is 14.4 Å². The Morgan fingerprint density at radius 2 is 1.83 bits per heavy atom. The summed E-state index contributed by atoms with van der Waals surface area (Å²) in [6, 6.07) is 9.92. The maximum absolute atomic E-state index is 13.0. The predicted octanol–water partition coefficient (Wildman–Crippen LogP) is 1.31. The summed E-state index contributed by atoms with van der Waals surface area (Å²) in [4.78, 5) is 43.1. The Hall–Kier alpha value is -3.15. The van der Waals surface area contributed by atoms with Gasteiger partial charge in [-0.25, -0.2) is 0 Å². The average molecular weight is 444 g/mol. The minimum Gasteiger partial charge on any atom is -0.378 e. The van der Waals surface area contributed by atoms with Crippen molar-refractivity contribution in [2.45, 2.75) is 0 Å². The number of amides is 3. The molecule has 1 aliphatic rings. The molecular weight excluding hydrogens is 426 g/mol. The maximum atomic E-state index is 13.0. The topological polar surface area (TPSA) is 120 Å². The quantitative estimate of drug-likeness (QED) is 0.652. The number of aromatic nitrogens is 2. The monoisotopic (exact) mass is 443 g/mol. The Balaban J connectivity index is 1.75. The minimum absolute atomic E-state index is 0.103. The molecule has 4 rings (SSSR count). The van der Waals surface area contributed by atoms with Crippen LogP contribution in [0.25, 0.3) is 5.69 Å². The van der Waals surface area contributed by atoms with Crippen LogP contribution in [-0.2, 0) is 4.74 Å². The molecule has 0 saturated carbocycles. The molecular formula is C19H17N5O4S2. The Morgan fingerprint density at radius 3 is 2.47 bits per heavy atom. The fourth-order valence-electron chi connectivity index (χ4n) is 2.81. The molecule has 1 fully saturated rings. The lowest BCUT2D eigenvalue weighted by Gasteiger charge is -2.25. The number of benzene rings is 1. The number of carbonyl (C=O) groups is 3. The summed E-state index contributed by atoms with van der Waals surface area (Å²) < 4.78 is 7.03. The molecule has 1 aliphatic heterocycles. The van der Waals surface area contributed by atoms with Crippen LogP contribution in [-0.4, -0.2) is 58.1 Å². The fraction of sp³-hybridized carbons (Fsp3) is 0.211. The van der Waals surface area contributed by atoms with Gasteiger partial charge in [0.05, 0.1) is 23.8 Å². The summed E-state index contributed by atoms with van der Waals surface area (Å²) in [5, 5.41) is 6.20. The van der Waals surface area contributed by atoms with Crippen molar-refractivity contribution in [1.82, 2.24) is 14.1 Å². The molecule has 0 radical (unpaired) electrons. The SMILES string of the molecule is NC(=O)c1ccc(-n2nc(C(=O)N3CCOCC3)c(=NC(=O)c3cccs3)s2)cc1. The third-order valence-electron chi connectivity index (χ3n) is 4.37. The molecule has 11 heteroatoms. The number of morpholine rings is 1. The van der Waals surface area contributed by atoms with E-state index in [1.807, 2.05) is 0 Å². The second kappa shape index (κ2) is 8.69. The number of hydrogen-bond donors (Lipinski definition) is 1. The molecule has 0 aliphatic carbocycles. The van der Waals surface area contributed by atoms with E-state index in [1.54, 1.807) is 46.7 Å². The Labute approximate surface area is 179 Å². The number of nitrogens with two attached hydrogens (primary N) is 1. The Morgan fingerprint density at radius 1 is 1.10 bits per heavy atom. The van der Waals surface area contributed by atoms with Gasteiger partial charge in [0.15, 0.2) is 10.4 Å². The lowest BCUT2D eigenvalue weighted by atomic mass is 10.2. The summed E-state index contributed by atoms with van der Waals surface area (Å²) in [5.41, 5.74) is 6.36. The first-order valence-corrected chi connectivity index (χ1v) is 10.7. The van der Waals surface area contributed by atoms with E-state index in [-0.39, 0.29) is 16.3 Å². The molecule has 0 spiro atoms. The van der Waals surface area contributed by atoms with Crippen molar-refractivity contribution in [3.63, 3.8) is 0 Å². The molecule has 3 aromatic rings. The zero-order valence-electron chi connectivity index (χ0n) is 15.7. The second-order valence-electron chi connectivity index (χ2n) is 6.33. The normalized spacial score (nSPS) is 14.7. The van der Waals surface area contributed by atoms with Crippen molar-refractivity contribution in [2.24, 2.45) is 10.7 Å². The van der Waals surface area contributed by atoms with Crippen LogP contribution in [0.2, 0.25) is 0 Å². The van der Waals surface area contributed by atoms with Crippen LogP contribution in [0.5, 0.6) is 0 Å². The molecule has 0 unspecified atom stereocenters. The first kappa shape index (κ1) is 20.1. The van der Waals surface area contributed by atoms with E-state index >= 15 is 0 Å². The molecule has 0 bridgehead atoms. The minimum atomic E-state index is -0.536. The van der Waals surface area contributed by atoms with Crippen LogP contribution in [0.1, 0.15) is 30.5 Å². The molecule has 0 atom stereocenters. The van der Waals surface area contributed by atoms with Crippen LogP contribution >= 0.6 is 22.9 Å². The van der Waals surface area contributed by atoms with Gasteiger partial charge < -0.3 is 15.4 Å².